The lowest BCUT2D eigenvalue weighted by atomic mass is 10.0. The summed E-state index contributed by atoms with van der Waals surface area (Å²) in [6, 6.07) is 0. The lowest BCUT2D eigenvalue weighted by Gasteiger charge is -2.06. The zero-order valence-electron chi connectivity index (χ0n) is 7.59. The highest BCUT2D eigenvalue weighted by atomic mass is 14.7. The van der Waals surface area contributed by atoms with Crippen LogP contribution in [0.1, 0.15) is 22.4 Å². The summed E-state index contributed by atoms with van der Waals surface area (Å²) in [6.07, 6.45) is 5.44. The van der Waals surface area contributed by atoms with Gasteiger partial charge >= 0.3 is 0 Å². The van der Waals surface area contributed by atoms with E-state index in [0.717, 1.165) is 11.3 Å². The number of aryl methyl sites for hydroxylation is 1. The molecule has 1 nitrogen and oxygen atoms in total. The Morgan fingerprint density at radius 1 is 1.25 bits per heavy atom. The van der Waals surface area contributed by atoms with Gasteiger partial charge in [0.2, 0.25) is 0 Å². The molecule has 12 heavy (non-hydrogen) atoms. The molecule has 0 saturated heterocycles. The van der Waals surface area contributed by atoms with Crippen LogP contribution < -0.4 is 0 Å². The molecule has 0 amide bonds. The Kier molecular flexibility index (Phi) is 2.44. The molecule has 0 aromatic carbocycles. The minimum atomic E-state index is 0.910. The lowest BCUT2D eigenvalue weighted by Crippen LogP contribution is -1.93. The molecule has 1 heterocycles. The van der Waals surface area contributed by atoms with E-state index >= 15 is 0 Å². The van der Waals surface area contributed by atoms with E-state index < -0.39 is 0 Å². The molecular formula is C11H13N. The third kappa shape index (κ3) is 1.30. The van der Waals surface area contributed by atoms with E-state index in [0.29, 0.717) is 0 Å². The van der Waals surface area contributed by atoms with Crippen LogP contribution in [0, 0.1) is 13.8 Å². The Hall–Kier alpha value is -1.37. The Morgan fingerprint density at radius 2 is 1.92 bits per heavy atom. The highest BCUT2D eigenvalue weighted by Crippen LogP contribution is 2.17. The topological polar surface area (TPSA) is 12.9 Å². The van der Waals surface area contributed by atoms with Crippen molar-refractivity contribution >= 4 is 12.2 Å². The van der Waals surface area contributed by atoms with Crippen molar-refractivity contribution in [1.29, 1.82) is 0 Å². The van der Waals surface area contributed by atoms with Gasteiger partial charge in [-0.05, 0) is 31.1 Å². The van der Waals surface area contributed by atoms with Gasteiger partial charge in [0.1, 0.15) is 0 Å². The number of nitrogens with zero attached hydrogens (tertiary/aromatic N) is 1. The van der Waals surface area contributed by atoms with Gasteiger partial charge in [-0.2, -0.15) is 0 Å². The van der Waals surface area contributed by atoms with Gasteiger partial charge < -0.3 is 0 Å². The second-order valence-electron chi connectivity index (χ2n) is 2.77. The summed E-state index contributed by atoms with van der Waals surface area (Å²) in [5, 5.41) is 0. The summed E-state index contributed by atoms with van der Waals surface area (Å²) in [5.74, 6) is 0. The van der Waals surface area contributed by atoms with E-state index in [1.807, 2.05) is 19.2 Å². The van der Waals surface area contributed by atoms with Gasteiger partial charge in [-0.15, -0.1) is 0 Å². The van der Waals surface area contributed by atoms with Gasteiger partial charge in [-0.1, -0.05) is 19.2 Å². The maximum absolute atomic E-state index is 4.24. The molecule has 0 unspecified atom stereocenters. The van der Waals surface area contributed by atoms with Crippen LogP contribution in [0.15, 0.2) is 19.4 Å². The monoisotopic (exact) mass is 159 g/mol. The quantitative estimate of drug-likeness (QED) is 0.646. The number of rotatable bonds is 2. The average molecular weight is 159 g/mol. The predicted octanol–water partition coefficient (Wildman–Crippen LogP) is 2.98. The molecule has 0 bridgehead atoms. The van der Waals surface area contributed by atoms with Crippen molar-refractivity contribution in [2.75, 3.05) is 0 Å². The van der Waals surface area contributed by atoms with Crippen molar-refractivity contribution in [1.82, 2.24) is 4.98 Å². The van der Waals surface area contributed by atoms with E-state index in [4.69, 9.17) is 0 Å². The highest BCUT2D eigenvalue weighted by Gasteiger charge is 2.02. The Bertz CT molecular complexity index is 324. The summed E-state index contributed by atoms with van der Waals surface area (Å²) in [4.78, 5) is 4.24. The fraction of sp³-hybridized carbons (Fsp3) is 0.182. The second-order valence-corrected chi connectivity index (χ2v) is 2.77. The van der Waals surface area contributed by atoms with Crippen molar-refractivity contribution < 1.29 is 0 Å². The van der Waals surface area contributed by atoms with E-state index in [-0.39, 0.29) is 0 Å². The van der Waals surface area contributed by atoms with Gasteiger partial charge in [-0.3, -0.25) is 4.98 Å². The first-order valence-corrected chi connectivity index (χ1v) is 3.91. The molecule has 1 heteroatoms. The maximum atomic E-state index is 4.24. The molecule has 1 rings (SSSR count). The van der Waals surface area contributed by atoms with Gasteiger partial charge in [0.05, 0.1) is 5.69 Å². The lowest BCUT2D eigenvalue weighted by molar-refractivity contribution is 1.18. The summed E-state index contributed by atoms with van der Waals surface area (Å²) >= 11 is 0. The zero-order valence-corrected chi connectivity index (χ0v) is 7.59. The van der Waals surface area contributed by atoms with E-state index in [1.54, 1.807) is 6.08 Å². The molecule has 0 aliphatic carbocycles. The zero-order chi connectivity index (χ0) is 9.14. The normalized spacial score (nSPS) is 9.50. The smallest absolute Gasteiger partial charge is 0.0698 e. The fourth-order valence-corrected chi connectivity index (χ4v) is 1.16. The second kappa shape index (κ2) is 3.35. The van der Waals surface area contributed by atoms with Crippen LogP contribution in [0.5, 0.6) is 0 Å². The van der Waals surface area contributed by atoms with Crippen LogP contribution in [0.3, 0.4) is 0 Å². The molecule has 0 radical (unpaired) electrons. The molecule has 0 N–H and O–H groups in total. The predicted molar refractivity (Wildman–Crippen MR) is 53.9 cm³/mol. The average Bonchev–Trinajstić information content (AvgIpc) is 2.09. The molecule has 1 aromatic heterocycles. The minimum absolute atomic E-state index is 0.910. The number of hydrogen-bond donors (Lipinski definition) is 0. The van der Waals surface area contributed by atoms with E-state index in [9.17, 15) is 0 Å². The standard InChI is InChI=1S/C11H13N/c1-5-10-9(4)8(3)7-12-11(10)6-2/h5-7H,1-2H2,3-4H3. The van der Waals surface area contributed by atoms with Gasteiger partial charge in [0.15, 0.2) is 0 Å². The number of pyridine rings is 1. The molecule has 0 atom stereocenters. The van der Waals surface area contributed by atoms with Crippen molar-refractivity contribution in [3.63, 3.8) is 0 Å². The minimum Gasteiger partial charge on any atom is -0.256 e. The largest absolute Gasteiger partial charge is 0.256 e. The Labute approximate surface area is 73.5 Å². The Morgan fingerprint density at radius 3 is 2.42 bits per heavy atom. The molecule has 0 aliphatic heterocycles. The molecular weight excluding hydrogens is 146 g/mol. The highest BCUT2D eigenvalue weighted by molar-refractivity contribution is 5.64. The number of hydrogen-bond acceptors (Lipinski definition) is 1. The number of aromatic nitrogens is 1. The van der Waals surface area contributed by atoms with Crippen LogP contribution >= 0.6 is 0 Å². The van der Waals surface area contributed by atoms with Crippen molar-refractivity contribution in [3.05, 3.63) is 41.7 Å². The van der Waals surface area contributed by atoms with Crippen LogP contribution in [-0.4, -0.2) is 4.98 Å². The summed E-state index contributed by atoms with van der Waals surface area (Å²) in [7, 11) is 0. The van der Waals surface area contributed by atoms with E-state index in [1.165, 1.54) is 11.1 Å². The summed E-state index contributed by atoms with van der Waals surface area (Å²) in [6.45, 7) is 11.6. The fourth-order valence-electron chi connectivity index (χ4n) is 1.16. The molecule has 0 saturated carbocycles. The summed E-state index contributed by atoms with van der Waals surface area (Å²) < 4.78 is 0. The van der Waals surface area contributed by atoms with Crippen molar-refractivity contribution in [2.45, 2.75) is 13.8 Å². The van der Waals surface area contributed by atoms with Gasteiger partial charge in [0, 0.05) is 11.8 Å². The third-order valence-corrected chi connectivity index (χ3v) is 2.07. The molecule has 0 aliphatic rings. The third-order valence-electron chi connectivity index (χ3n) is 2.07. The summed E-state index contributed by atoms with van der Waals surface area (Å²) in [5.41, 5.74) is 4.42. The first-order chi connectivity index (χ1) is 5.70. The first-order valence-electron chi connectivity index (χ1n) is 3.91. The molecule has 0 spiro atoms. The Balaban J connectivity index is 3.45. The van der Waals surface area contributed by atoms with Crippen LogP contribution in [-0.2, 0) is 0 Å². The van der Waals surface area contributed by atoms with Crippen molar-refractivity contribution in [2.24, 2.45) is 0 Å². The van der Waals surface area contributed by atoms with Crippen molar-refractivity contribution in [3.8, 4) is 0 Å². The van der Waals surface area contributed by atoms with Gasteiger partial charge in [0.25, 0.3) is 0 Å². The van der Waals surface area contributed by atoms with Crippen LogP contribution in [0.25, 0.3) is 12.2 Å². The molecule has 62 valence electrons. The first kappa shape index (κ1) is 8.72. The van der Waals surface area contributed by atoms with Crippen LogP contribution in [0.4, 0.5) is 0 Å². The SMILES string of the molecule is C=Cc1ncc(C)c(C)c1C=C. The van der Waals surface area contributed by atoms with Crippen LogP contribution in [0.2, 0.25) is 0 Å². The van der Waals surface area contributed by atoms with Gasteiger partial charge in [-0.25, -0.2) is 0 Å². The maximum Gasteiger partial charge on any atom is 0.0698 e. The molecule has 0 fully saturated rings. The molecule has 1 aromatic rings. The van der Waals surface area contributed by atoms with E-state index in [2.05, 4.69) is 25.1 Å².